The van der Waals surface area contributed by atoms with Crippen LogP contribution in [0.4, 0.5) is 11.6 Å². The summed E-state index contributed by atoms with van der Waals surface area (Å²) in [7, 11) is 3.40. The Balaban J connectivity index is 1.44. The second-order valence-electron chi connectivity index (χ2n) is 10.6. The Labute approximate surface area is 254 Å². The van der Waals surface area contributed by atoms with Gasteiger partial charge in [0, 0.05) is 25.0 Å². The summed E-state index contributed by atoms with van der Waals surface area (Å²) >= 11 is 6.50. The van der Waals surface area contributed by atoms with Gasteiger partial charge in [0.1, 0.15) is 28.8 Å². The van der Waals surface area contributed by atoms with Crippen LogP contribution in [0.5, 0.6) is 5.75 Å². The van der Waals surface area contributed by atoms with Gasteiger partial charge in [-0.25, -0.2) is 9.97 Å². The first-order valence-corrected chi connectivity index (χ1v) is 14.3. The van der Waals surface area contributed by atoms with Crippen LogP contribution in [-0.4, -0.2) is 46.2 Å². The van der Waals surface area contributed by atoms with Crippen LogP contribution >= 0.6 is 11.6 Å². The van der Waals surface area contributed by atoms with Gasteiger partial charge in [0.25, 0.3) is 11.5 Å². The number of ether oxygens (including phenoxy) is 1. The maximum Gasteiger partial charge on any atom is 0.264 e. The Hall–Kier alpha value is -4.89. The molecule has 1 aliphatic rings. The summed E-state index contributed by atoms with van der Waals surface area (Å²) in [5.74, 6) is 2.09. The first-order chi connectivity index (χ1) is 20.7. The Kier molecular flexibility index (Phi) is 7.50. The second-order valence-corrected chi connectivity index (χ2v) is 11.0. The average Bonchev–Trinajstić information content (AvgIpc) is 3.00. The third-order valence-corrected chi connectivity index (χ3v) is 7.93. The van der Waals surface area contributed by atoms with E-state index in [1.807, 2.05) is 86.6 Å². The van der Waals surface area contributed by atoms with E-state index in [0.29, 0.717) is 58.0 Å². The van der Waals surface area contributed by atoms with E-state index in [-0.39, 0.29) is 11.5 Å². The molecule has 0 radical (unpaired) electrons. The lowest BCUT2D eigenvalue weighted by Gasteiger charge is -2.36. The second kappa shape index (κ2) is 11.4. The van der Waals surface area contributed by atoms with E-state index in [1.54, 1.807) is 29.7 Å². The van der Waals surface area contributed by atoms with Crippen molar-refractivity contribution in [3.05, 3.63) is 117 Å². The molecule has 3 heterocycles. The zero-order chi connectivity index (χ0) is 30.2. The van der Waals surface area contributed by atoms with Crippen LogP contribution in [0.25, 0.3) is 16.5 Å². The minimum absolute atomic E-state index is 0.179. The summed E-state index contributed by atoms with van der Waals surface area (Å²) in [6.45, 7) is 4.67. The van der Waals surface area contributed by atoms with Crippen molar-refractivity contribution >= 4 is 39.9 Å². The van der Waals surface area contributed by atoms with Crippen molar-refractivity contribution in [1.82, 2.24) is 19.4 Å². The minimum Gasteiger partial charge on any atom is -0.497 e. The van der Waals surface area contributed by atoms with E-state index in [2.05, 4.69) is 15.2 Å². The number of anilines is 2. The van der Waals surface area contributed by atoms with Gasteiger partial charge in [-0.3, -0.25) is 14.2 Å². The van der Waals surface area contributed by atoms with E-state index in [1.165, 1.54) is 0 Å². The van der Waals surface area contributed by atoms with Gasteiger partial charge in [-0.15, -0.1) is 0 Å². The Morgan fingerprint density at radius 3 is 2.47 bits per heavy atom. The molecule has 43 heavy (non-hydrogen) atoms. The summed E-state index contributed by atoms with van der Waals surface area (Å²) in [6, 6.07) is 24.2. The molecule has 0 aliphatic carbocycles. The number of carbonyl (C=O) groups excluding carboxylic acids is 1. The molecule has 0 spiro atoms. The van der Waals surface area contributed by atoms with Crippen LogP contribution in [0.2, 0.25) is 5.02 Å². The highest BCUT2D eigenvalue weighted by Gasteiger charge is 2.33. The number of halogens is 1. The van der Waals surface area contributed by atoms with Crippen molar-refractivity contribution in [2.45, 2.75) is 26.4 Å². The molecule has 0 saturated heterocycles. The van der Waals surface area contributed by atoms with Crippen LogP contribution < -0.4 is 20.5 Å². The first kappa shape index (κ1) is 28.2. The van der Waals surface area contributed by atoms with Crippen LogP contribution in [0, 0.1) is 6.92 Å². The molecule has 1 N–H and O–H groups in total. The molecule has 5 aromatic rings. The minimum atomic E-state index is -0.426. The molecule has 1 atom stereocenters. The van der Waals surface area contributed by atoms with Crippen LogP contribution in [-0.2, 0) is 6.54 Å². The fraction of sp³-hybridized carbons (Fsp3) is 0.212. The number of hydrogen-bond donors (Lipinski definition) is 1. The highest BCUT2D eigenvalue weighted by molar-refractivity contribution is 6.35. The number of carbonyl (C=O) groups is 1. The van der Waals surface area contributed by atoms with Gasteiger partial charge in [0.2, 0.25) is 0 Å². The number of nitrogens with zero attached hydrogens (tertiary/aromatic N) is 5. The Bertz CT molecular complexity index is 1890. The van der Waals surface area contributed by atoms with Crippen molar-refractivity contribution < 1.29 is 9.53 Å². The van der Waals surface area contributed by atoms with Crippen LogP contribution in [0.1, 0.15) is 40.4 Å². The first-order valence-electron chi connectivity index (χ1n) is 13.9. The quantitative estimate of drug-likeness (QED) is 0.248. The fourth-order valence-corrected chi connectivity index (χ4v) is 5.79. The highest BCUT2D eigenvalue weighted by atomic mass is 35.5. The molecule has 0 fully saturated rings. The summed E-state index contributed by atoms with van der Waals surface area (Å²) in [4.78, 5) is 40.6. The number of benzene rings is 3. The van der Waals surface area contributed by atoms with Crippen molar-refractivity contribution in [2.24, 2.45) is 0 Å². The van der Waals surface area contributed by atoms with E-state index in [9.17, 15) is 9.59 Å². The number of para-hydroxylation sites is 1. The predicted octanol–water partition coefficient (Wildman–Crippen LogP) is 5.97. The number of aromatic nitrogens is 3. The molecule has 1 unspecified atom stereocenters. The van der Waals surface area contributed by atoms with Crippen molar-refractivity contribution in [2.75, 3.05) is 31.0 Å². The molecule has 0 bridgehead atoms. The standard InChI is InChI=1S/C33H31ClN6O3/c1-20(27-17-23-9-8-12-26(34)28(23)33(42)40(27)24-10-6-5-7-11-24)35-30-29-31(37-21(2)36-30)39(19-38(3)32(29)41)18-22-13-15-25(43-4)16-14-22/h5-17,20H,18-19H2,1-4H3,(H,35,36,37). The van der Waals surface area contributed by atoms with Gasteiger partial charge < -0.3 is 19.9 Å². The fourth-order valence-electron chi connectivity index (χ4n) is 5.52. The predicted molar refractivity (Wildman–Crippen MR) is 169 cm³/mol. The van der Waals surface area contributed by atoms with Crippen molar-refractivity contribution in [1.29, 1.82) is 0 Å². The lowest BCUT2D eigenvalue weighted by molar-refractivity contribution is 0.0781. The zero-order valence-electron chi connectivity index (χ0n) is 24.3. The topological polar surface area (TPSA) is 92.6 Å². The normalized spacial score (nSPS) is 13.7. The maximum absolute atomic E-state index is 13.9. The molecular weight excluding hydrogens is 564 g/mol. The lowest BCUT2D eigenvalue weighted by atomic mass is 10.1. The van der Waals surface area contributed by atoms with Crippen LogP contribution in [0.3, 0.4) is 0 Å². The number of hydrogen-bond acceptors (Lipinski definition) is 7. The number of nitrogens with one attached hydrogen (secondary N) is 1. The molecule has 6 rings (SSSR count). The molecule has 3 aromatic carbocycles. The van der Waals surface area contributed by atoms with E-state index < -0.39 is 6.04 Å². The molecule has 1 aliphatic heterocycles. The zero-order valence-corrected chi connectivity index (χ0v) is 25.1. The van der Waals surface area contributed by atoms with Crippen molar-refractivity contribution in [3.8, 4) is 11.4 Å². The largest absolute Gasteiger partial charge is 0.497 e. The van der Waals surface area contributed by atoms with Gasteiger partial charge in [0.15, 0.2) is 0 Å². The number of rotatable bonds is 7. The Morgan fingerprint density at radius 2 is 1.74 bits per heavy atom. The van der Waals surface area contributed by atoms with E-state index in [4.69, 9.17) is 21.3 Å². The number of fused-ring (bicyclic) bond motifs is 2. The van der Waals surface area contributed by atoms with Crippen molar-refractivity contribution in [3.63, 3.8) is 0 Å². The summed E-state index contributed by atoms with van der Waals surface area (Å²) in [5.41, 5.74) is 2.62. The number of pyridine rings is 1. The molecule has 0 saturated carbocycles. The van der Waals surface area contributed by atoms with Gasteiger partial charge in [0.05, 0.1) is 30.2 Å². The molecule has 2 aromatic heterocycles. The van der Waals surface area contributed by atoms with E-state index >= 15 is 0 Å². The number of methoxy groups -OCH3 is 1. The van der Waals surface area contributed by atoms with Crippen LogP contribution in [0.15, 0.2) is 83.7 Å². The molecule has 1 amide bonds. The number of amides is 1. The van der Waals surface area contributed by atoms with Gasteiger partial charge in [-0.1, -0.05) is 54.1 Å². The van der Waals surface area contributed by atoms with E-state index in [0.717, 1.165) is 16.7 Å². The lowest BCUT2D eigenvalue weighted by Crippen LogP contribution is -2.45. The molecule has 10 heteroatoms. The SMILES string of the molecule is COc1ccc(CN2CN(C)C(=O)c3c(NC(C)c4cc5cccc(Cl)c5c(=O)n4-c4ccccc4)nc(C)nc32)cc1. The third kappa shape index (κ3) is 5.28. The van der Waals surface area contributed by atoms with Gasteiger partial charge in [-0.2, -0.15) is 0 Å². The summed E-state index contributed by atoms with van der Waals surface area (Å²) in [6.07, 6.45) is 0. The Morgan fingerprint density at radius 1 is 1.00 bits per heavy atom. The average molecular weight is 595 g/mol. The smallest absolute Gasteiger partial charge is 0.264 e. The van der Waals surface area contributed by atoms with Gasteiger partial charge in [-0.05, 0) is 61.2 Å². The summed E-state index contributed by atoms with van der Waals surface area (Å²) in [5, 5.41) is 5.04. The maximum atomic E-state index is 13.9. The summed E-state index contributed by atoms with van der Waals surface area (Å²) < 4.78 is 6.96. The highest BCUT2D eigenvalue weighted by Crippen LogP contribution is 2.34. The molecule has 9 nitrogen and oxygen atoms in total. The molecular formula is C33H31ClN6O3. The number of aryl methyl sites for hydroxylation is 1. The van der Waals surface area contributed by atoms with Gasteiger partial charge >= 0.3 is 0 Å². The monoisotopic (exact) mass is 594 g/mol. The molecule has 218 valence electrons. The third-order valence-electron chi connectivity index (χ3n) is 7.61.